The molecule has 2 amide bonds. The van der Waals surface area contributed by atoms with Crippen LogP contribution in [0.25, 0.3) is 21.9 Å². The third-order valence-corrected chi connectivity index (χ3v) is 6.13. The van der Waals surface area contributed by atoms with Crippen LogP contribution < -0.4 is 5.32 Å². The van der Waals surface area contributed by atoms with E-state index in [1.54, 1.807) is 0 Å². The summed E-state index contributed by atoms with van der Waals surface area (Å²) in [6.45, 7) is 4.13. The van der Waals surface area contributed by atoms with Crippen molar-refractivity contribution in [3.05, 3.63) is 54.4 Å². The number of amides is 2. The Balaban J connectivity index is 1.55. The zero-order valence-electron chi connectivity index (χ0n) is 17.4. The van der Waals surface area contributed by atoms with Gasteiger partial charge in [-0.2, -0.15) is 5.10 Å². The van der Waals surface area contributed by atoms with Crippen molar-refractivity contribution in [2.45, 2.75) is 31.8 Å². The summed E-state index contributed by atoms with van der Waals surface area (Å²) in [6.07, 6.45) is 5.79. The summed E-state index contributed by atoms with van der Waals surface area (Å²) in [5, 5.41) is 12.5. The number of benzene rings is 2. The molecule has 1 unspecified atom stereocenters. The molecule has 1 aliphatic heterocycles. The minimum atomic E-state index is -0.0838. The first-order valence-corrected chi connectivity index (χ1v) is 10.3. The molecule has 1 aromatic heterocycles. The molecule has 0 radical (unpaired) electrons. The molecule has 2 heterocycles. The highest BCUT2D eigenvalue weighted by Gasteiger charge is 2.25. The largest absolute Gasteiger partial charge is 0.331 e. The van der Waals surface area contributed by atoms with Crippen molar-refractivity contribution in [3.8, 4) is 11.1 Å². The molecule has 0 saturated carbocycles. The Labute approximate surface area is 171 Å². The molecule has 2 N–H and O–H groups in total. The van der Waals surface area contributed by atoms with Crippen LogP contribution in [0.2, 0.25) is 0 Å². The number of hydrogen-bond acceptors (Lipinski definition) is 3. The molecule has 152 valence electrons. The van der Waals surface area contributed by atoms with Crippen LogP contribution in [0.15, 0.2) is 48.8 Å². The highest BCUT2D eigenvalue weighted by molar-refractivity contribution is 5.98. The van der Waals surface area contributed by atoms with Gasteiger partial charge in [-0.25, -0.2) is 4.79 Å². The number of nitrogens with one attached hydrogen (secondary N) is 2. The standard InChI is InChI=1S/C23H29N5O/c1-16(26-23(29)28(3)18-10-12-27(2)13-11-18)19-8-9-20(17-14-24-25-15-17)22-7-5-4-6-21(19)22/h4-9,14-16,18H,10-13H2,1-3H3,(H,24,25)(H,26,29). The van der Waals surface area contributed by atoms with Crippen LogP contribution in [-0.4, -0.2) is 59.3 Å². The third-order valence-electron chi connectivity index (χ3n) is 6.13. The van der Waals surface area contributed by atoms with E-state index >= 15 is 0 Å². The van der Waals surface area contributed by atoms with Gasteiger partial charge >= 0.3 is 6.03 Å². The lowest BCUT2D eigenvalue weighted by Gasteiger charge is -2.35. The van der Waals surface area contributed by atoms with Gasteiger partial charge in [0.05, 0.1) is 12.2 Å². The summed E-state index contributed by atoms with van der Waals surface area (Å²) in [7, 11) is 4.05. The molecule has 1 saturated heterocycles. The number of H-pyrrole nitrogens is 1. The van der Waals surface area contributed by atoms with E-state index in [9.17, 15) is 4.79 Å². The molecule has 3 aromatic rings. The lowest BCUT2D eigenvalue weighted by Crippen LogP contribution is -2.48. The molecule has 1 fully saturated rings. The zero-order chi connectivity index (χ0) is 20.4. The number of carbonyl (C=O) groups is 1. The van der Waals surface area contributed by atoms with E-state index in [-0.39, 0.29) is 12.1 Å². The SMILES string of the molecule is CC(NC(=O)N(C)C1CCN(C)CC1)c1ccc(-c2cn[nH]c2)c2ccccc12. The summed E-state index contributed by atoms with van der Waals surface area (Å²) in [4.78, 5) is 17.1. The third kappa shape index (κ3) is 3.98. The van der Waals surface area contributed by atoms with Gasteiger partial charge in [0.25, 0.3) is 0 Å². The van der Waals surface area contributed by atoms with Gasteiger partial charge in [0.1, 0.15) is 0 Å². The van der Waals surface area contributed by atoms with Gasteiger partial charge in [0, 0.05) is 24.8 Å². The lowest BCUT2D eigenvalue weighted by atomic mass is 9.94. The number of aromatic amines is 1. The predicted molar refractivity (Wildman–Crippen MR) is 117 cm³/mol. The van der Waals surface area contributed by atoms with E-state index in [0.29, 0.717) is 6.04 Å². The second kappa shape index (κ2) is 8.25. The Morgan fingerprint density at radius 2 is 1.93 bits per heavy atom. The maximum absolute atomic E-state index is 12.9. The van der Waals surface area contributed by atoms with Gasteiger partial charge in [-0.15, -0.1) is 0 Å². The number of fused-ring (bicyclic) bond motifs is 1. The van der Waals surface area contributed by atoms with Crippen LogP contribution in [0.5, 0.6) is 0 Å². The molecular weight excluding hydrogens is 362 g/mol. The monoisotopic (exact) mass is 391 g/mol. The fraction of sp³-hybridized carbons (Fsp3) is 0.391. The van der Waals surface area contributed by atoms with Gasteiger partial charge in [-0.3, -0.25) is 5.10 Å². The summed E-state index contributed by atoms with van der Waals surface area (Å²) < 4.78 is 0. The molecule has 29 heavy (non-hydrogen) atoms. The highest BCUT2D eigenvalue weighted by atomic mass is 16.2. The van der Waals surface area contributed by atoms with Gasteiger partial charge in [-0.05, 0) is 61.8 Å². The Morgan fingerprint density at radius 3 is 2.62 bits per heavy atom. The Kier molecular flexibility index (Phi) is 5.53. The van der Waals surface area contributed by atoms with Crippen LogP contribution >= 0.6 is 0 Å². The molecule has 1 aliphatic rings. The summed E-state index contributed by atoms with van der Waals surface area (Å²) in [6, 6.07) is 12.8. The van der Waals surface area contributed by atoms with E-state index in [1.807, 2.05) is 36.5 Å². The number of hydrogen-bond donors (Lipinski definition) is 2. The van der Waals surface area contributed by atoms with Crippen molar-refractivity contribution in [1.29, 1.82) is 0 Å². The van der Waals surface area contributed by atoms with Crippen LogP contribution in [0.3, 0.4) is 0 Å². The van der Waals surface area contributed by atoms with Gasteiger partial charge in [0.2, 0.25) is 0 Å². The van der Waals surface area contributed by atoms with Crippen molar-refractivity contribution in [1.82, 2.24) is 25.3 Å². The summed E-state index contributed by atoms with van der Waals surface area (Å²) in [5.41, 5.74) is 3.32. The molecule has 2 aromatic carbocycles. The van der Waals surface area contributed by atoms with Crippen LogP contribution in [-0.2, 0) is 0 Å². The first-order valence-electron chi connectivity index (χ1n) is 10.3. The quantitative estimate of drug-likeness (QED) is 0.706. The molecule has 0 aliphatic carbocycles. The number of nitrogens with zero attached hydrogens (tertiary/aromatic N) is 3. The lowest BCUT2D eigenvalue weighted by molar-refractivity contribution is 0.146. The fourth-order valence-corrected chi connectivity index (χ4v) is 4.26. The minimum Gasteiger partial charge on any atom is -0.331 e. The number of aromatic nitrogens is 2. The first kappa shape index (κ1) is 19.5. The highest BCUT2D eigenvalue weighted by Crippen LogP contribution is 2.33. The van der Waals surface area contributed by atoms with E-state index in [0.717, 1.165) is 53.4 Å². The van der Waals surface area contributed by atoms with Crippen molar-refractivity contribution in [3.63, 3.8) is 0 Å². The van der Waals surface area contributed by atoms with Crippen LogP contribution in [0.4, 0.5) is 4.79 Å². The minimum absolute atomic E-state index is 0.00459. The van der Waals surface area contributed by atoms with Crippen LogP contribution in [0, 0.1) is 0 Å². The fourth-order valence-electron chi connectivity index (χ4n) is 4.26. The zero-order valence-corrected chi connectivity index (χ0v) is 17.4. The predicted octanol–water partition coefficient (Wildman–Crippen LogP) is 4.03. The molecule has 0 bridgehead atoms. The van der Waals surface area contributed by atoms with E-state index in [2.05, 4.69) is 58.7 Å². The number of carbonyl (C=O) groups excluding carboxylic acids is 1. The molecule has 0 spiro atoms. The molecule has 1 atom stereocenters. The number of rotatable bonds is 4. The Bertz CT molecular complexity index is 976. The number of piperidine rings is 1. The first-order chi connectivity index (χ1) is 14.0. The Hall–Kier alpha value is -2.86. The van der Waals surface area contributed by atoms with Crippen molar-refractivity contribution in [2.75, 3.05) is 27.2 Å². The second-order valence-corrected chi connectivity index (χ2v) is 8.05. The topological polar surface area (TPSA) is 64.3 Å². The summed E-state index contributed by atoms with van der Waals surface area (Å²) >= 11 is 0. The average Bonchev–Trinajstić information content (AvgIpc) is 3.27. The van der Waals surface area contributed by atoms with Crippen molar-refractivity contribution in [2.24, 2.45) is 0 Å². The van der Waals surface area contributed by atoms with Gasteiger partial charge < -0.3 is 15.1 Å². The Morgan fingerprint density at radius 1 is 1.21 bits per heavy atom. The molecule has 4 rings (SSSR count). The van der Waals surface area contributed by atoms with Crippen molar-refractivity contribution >= 4 is 16.8 Å². The van der Waals surface area contributed by atoms with E-state index in [1.165, 1.54) is 0 Å². The van der Waals surface area contributed by atoms with E-state index in [4.69, 9.17) is 0 Å². The number of likely N-dealkylation sites (tertiary alicyclic amines) is 1. The van der Waals surface area contributed by atoms with Gasteiger partial charge in [-0.1, -0.05) is 36.4 Å². The normalized spacial score (nSPS) is 16.7. The van der Waals surface area contributed by atoms with Crippen molar-refractivity contribution < 1.29 is 4.79 Å². The maximum Gasteiger partial charge on any atom is 0.317 e. The smallest absolute Gasteiger partial charge is 0.317 e. The van der Waals surface area contributed by atoms with E-state index < -0.39 is 0 Å². The molecule has 6 nitrogen and oxygen atoms in total. The van der Waals surface area contributed by atoms with Crippen LogP contribution in [0.1, 0.15) is 31.4 Å². The molecular formula is C23H29N5O. The molecule has 6 heteroatoms. The van der Waals surface area contributed by atoms with Gasteiger partial charge in [0.15, 0.2) is 0 Å². The average molecular weight is 392 g/mol. The number of urea groups is 1. The second-order valence-electron chi connectivity index (χ2n) is 8.05. The maximum atomic E-state index is 12.9. The summed E-state index contributed by atoms with van der Waals surface area (Å²) in [5.74, 6) is 0.